The van der Waals surface area contributed by atoms with Crippen molar-refractivity contribution in [1.82, 2.24) is 5.43 Å². The Hall–Kier alpha value is -1.59. The van der Waals surface area contributed by atoms with Crippen LogP contribution in [0.1, 0.15) is 10.4 Å². The number of hydrogen-bond acceptors (Lipinski definition) is 4. The van der Waals surface area contributed by atoms with Gasteiger partial charge in [-0.25, -0.2) is 14.6 Å². The van der Waals surface area contributed by atoms with E-state index >= 15 is 0 Å². The SMILES string of the molecule is NNC(=O)c1cc(OC(F)(F)C(F)Cl)cc(OC(F)(F)C(F)Cl)c1. The molecule has 3 N–H and O–H groups in total. The van der Waals surface area contributed by atoms with Gasteiger partial charge in [0.05, 0.1) is 0 Å². The predicted molar refractivity (Wildman–Crippen MR) is 70.7 cm³/mol. The molecule has 1 amide bonds. The fraction of sp³-hybridized carbons (Fsp3) is 0.364. The topological polar surface area (TPSA) is 73.6 Å². The van der Waals surface area contributed by atoms with Crippen molar-refractivity contribution in [2.45, 2.75) is 23.5 Å². The number of ether oxygens (including phenoxy) is 2. The molecular formula is C11H8Cl2F6N2O3. The lowest BCUT2D eigenvalue weighted by molar-refractivity contribution is -0.202. The van der Waals surface area contributed by atoms with Gasteiger partial charge in [0.25, 0.3) is 17.2 Å². The van der Waals surface area contributed by atoms with Crippen molar-refractivity contribution >= 4 is 29.1 Å². The number of hydrogen-bond donors (Lipinski definition) is 2. The Labute approximate surface area is 140 Å². The van der Waals surface area contributed by atoms with Gasteiger partial charge in [-0.2, -0.15) is 17.6 Å². The fourth-order valence-corrected chi connectivity index (χ4v) is 1.40. The van der Waals surface area contributed by atoms with Crippen LogP contribution in [0.4, 0.5) is 26.3 Å². The summed E-state index contributed by atoms with van der Waals surface area (Å²) in [6.07, 6.45) is -9.12. The number of halogens is 8. The minimum Gasteiger partial charge on any atom is -0.429 e. The van der Waals surface area contributed by atoms with Gasteiger partial charge in [0, 0.05) is 11.6 Å². The highest BCUT2D eigenvalue weighted by Crippen LogP contribution is 2.34. The maximum atomic E-state index is 13.1. The first-order chi connectivity index (χ1) is 10.9. The second kappa shape index (κ2) is 7.53. The molecule has 24 heavy (non-hydrogen) atoms. The van der Waals surface area contributed by atoms with E-state index < -0.39 is 46.4 Å². The highest BCUT2D eigenvalue weighted by molar-refractivity contribution is 6.20. The van der Waals surface area contributed by atoms with E-state index in [1.807, 2.05) is 0 Å². The Kier molecular flexibility index (Phi) is 6.42. The van der Waals surface area contributed by atoms with Crippen LogP contribution in [-0.2, 0) is 0 Å². The normalized spacial score (nSPS) is 14.7. The zero-order valence-corrected chi connectivity index (χ0v) is 12.7. The maximum absolute atomic E-state index is 13.1. The number of nitrogens with two attached hydrogens (primary N) is 1. The third-order valence-electron chi connectivity index (χ3n) is 2.29. The number of alkyl halides is 8. The lowest BCUT2D eigenvalue weighted by atomic mass is 10.2. The second-order valence-corrected chi connectivity index (χ2v) is 4.86. The summed E-state index contributed by atoms with van der Waals surface area (Å²) in [7, 11) is 0. The van der Waals surface area contributed by atoms with Crippen LogP contribution in [0, 0.1) is 0 Å². The summed E-state index contributed by atoms with van der Waals surface area (Å²) in [5.74, 6) is 1.72. The molecule has 0 heterocycles. The first kappa shape index (κ1) is 20.5. The number of carbonyl (C=O) groups excluding carboxylic acids is 1. The van der Waals surface area contributed by atoms with Crippen LogP contribution >= 0.6 is 23.2 Å². The van der Waals surface area contributed by atoms with Crippen molar-refractivity contribution in [3.05, 3.63) is 23.8 Å². The zero-order chi connectivity index (χ0) is 18.7. The van der Waals surface area contributed by atoms with E-state index in [9.17, 15) is 31.1 Å². The van der Waals surface area contributed by atoms with Crippen molar-refractivity contribution in [3.8, 4) is 11.5 Å². The number of rotatable bonds is 7. The van der Waals surface area contributed by atoms with Gasteiger partial charge in [0.1, 0.15) is 11.5 Å². The van der Waals surface area contributed by atoms with Gasteiger partial charge >= 0.3 is 12.2 Å². The van der Waals surface area contributed by atoms with Gasteiger partial charge in [0.15, 0.2) is 0 Å². The van der Waals surface area contributed by atoms with E-state index in [2.05, 4.69) is 32.7 Å². The first-order valence-corrected chi connectivity index (χ1v) is 6.62. The van der Waals surface area contributed by atoms with E-state index in [1.165, 1.54) is 0 Å². The van der Waals surface area contributed by atoms with Crippen LogP contribution in [-0.4, -0.2) is 29.4 Å². The minimum absolute atomic E-state index is 0.410. The third kappa shape index (κ3) is 5.21. The van der Waals surface area contributed by atoms with Crippen LogP contribution in [0.2, 0.25) is 0 Å². The van der Waals surface area contributed by atoms with Gasteiger partial charge < -0.3 is 9.47 Å². The number of hydrazine groups is 1. The molecule has 2 unspecified atom stereocenters. The average molecular weight is 401 g/mol. The first-order valence-electron chi connectivity index (χ1n) is 5.75. The molecule has 2 atom stereocenters. The van der Waals surface area contributed by atoms with E-state index in [-0.39, 0.29) is 0 Å². The molecule has 13 heteroatoms. The molecule has 0 saturated heterocycles. The van der Waals surface area contributed by atoms with Gasteiger partial charge in [0.2, 0.25) is 0 Å². The molecule has 1 aromatic carbocycles. The van der Waals surface area contributed by atoms with Crippen LogP contribution < -0.4 is 20.7 Å². The van der Waals surface area contributed by atoms with Crippen LogP contribution in [0.3, 0.4) is 0 Å². The van der Waals surface area contributed by atoms with Crippen LogP contribution in [0.25, 0.3) is 0 Å². The fourth-order valence-electron chi connectivity index (χ4n) is 1.31. The van der Waals surface area contributed by atoms with Crippen molar-refractivity contribution in [3.63, 3.8) is 0 Å². The Morgan fingerprint density at radius 1 is 1.00 bits per heavy atom. The van der Waals surface area contributed by atoms with E-state index in [0.29, 0.717) is 18.2 Å². The van der Waals surface area contributed by atoms with Crippen LogP contribution in [0.15, 0.2) is 18.2 Å². The lowest BCUT2D eigenvalue weighted by Crippen LogP contribution is -2.34. The van der Waals surface area contributed by atoms with Crippen molar-refractivity contribution in [1.29, 1.82) is 0 Å². The molecule has 1 rings (SSSR count). The van der Waals surface area contributed by atoms with Crippen molar-refractivity contribution in [2.24, 2.45) is 5.84 Å². The Balaban J connectivity index is 3.25. The molecule has 0 bridgehead atoms. The monoisotopic (exact) mass is 400 g/mol. The predicted octanol–water partition coefficient (Wildman–Crippen LogP) is 3.30. The zero-order valence-electron chi connectivity index (χ0n) is 11.2. The third-order valence-corrected chi connectivity index (χ3v) is 2.80. The van der Waals surface area contributed by atoms with E-state index in [4.69, 9.17) is 5.84 Å². The molecule has 0 radical (unpaired) electrons. The number of benzene rings is 1. The summed E-state index contributed by atoms with van der Waals surface area (Å²) in [4.78, 5) is 11.4. The molecule has 0 aliphatic carbocycles. The second-order valence-electron chi connectivity index (χ2n) is 4.10. The quantitative estimate of drug-likeness (QED) is 0.242. The molecule has 136 valence electrons. The maximum Gasteiger partial charge on any atom is 0.444 e. The Morgan fingerprint density at radius 2 is 1.38 bits per heavy atom. The number of nitrogens with one attached hydrogen (secondary N) is 1. The number of amides is 1. The summed E-state index contributed by atoms with van der Waals surface area (Å²) in [5, 5.41) is 0. The molecule has 0 fully saturated rings. The molecular weight excluding hydrogens is 393 g/mol. The Bertz CT molecular complexity index is 563. The molecule has 0 aliphatic heterocycles. The number of nitrogen functional groups attached to an aromatic ring is 1. The molecule has 1 aromatic rings. The molecule has 0 aliphatic rings. The summed E-state index contributed by atoms with van der Waals surface area (Å²) >= 11 is 9.16. The average Bonchev–Trinajstić information content (AvgIpc) is 2.44. The van der Waals surface area contributed by atoms with E-state index in [1.54, 1.807) is 5.43 Å². The Morgan fingerprint density at radius 3 is 1.67 bits per heavy atom. The van der Waals surface area contributed by atoms with Gasteiger partial charge in [-0.05, 0) is 12.1 Å². The summed E-state index contributed by atoms with van der Waals surface area (Å²) in [6.45, 7) is 0. The summed E-state index contributed by atoms with van der Waals surface area (Å²) < 4.78 is 85.4. The molecule has 0 saturated carbocycles. The van der Waals surface area contributed by atoms with Gasteiger partial charge in [-0.3, -0.25) is 10.2 Å². The molecule has 0 spiro atoms. The molecule has 0 aromatic heterocycles. The summed E-state index contributed by atoms with van der Waals surface area (Å²) in [6, 6.07) is 1.62. The summed E-state index contributed by atoms with van der Waals surface area (Å²) in [5.41, 5.74) is -5.58. The van der Waals surface area contributed by atoms with Crippen molar-refractivity contribution < 1.29 is 40.6 Å². The highest BCUT2D eigenvalue weighted by Gasteiger charge is 2.44. The largest absolute Gasteiger partial charge is 0.444 e. The lowest BCUT2D eigenvalue weighted by Gasteiger charge is -2.21. The highest BCUT2D eigenvalue weighted by atomic mass is 35.5. The van der Waals surface area contributed by atoms with E-state index in [0.717, 1.165) is 0 Å². The van der Waals surface area contributed by atoms with Crippen LogP contribution in [0.5, 0.6) is 11.5 Å². The minimum atomic E-state index is -4.56. The molecule has 5 nitrogen and oxygen atoms in total. The smallest absolute Gasteiger partial charge is 0.429 e. The standard InChI is InChI=1S/C11H8Cl2F6N2O3/c12-8(14)10(16,17)23-5-1-4(7(22)21-20)2-6(3-5)24-11(18,19)9(13)15/h1-3,8-9H,20H2,(H,21,22). The number of carbonyl (C=O) groups is 1. The van der Waals surface area contributed by atoms with Crippen molar-refractivity contribution in [2.75, 3.05) is 0 Å². The van der Waals surface area contributed by atoms with Gasteiger partial charge in [-0.1, -0.05) is 23.2 Å². The van der Waals surface area contributed by atoms with Gasteiger partial charge in [-0.15, -0.1) is 0 Å².